The molecule has 2 aromatic rings. The Morgan fingerprint density at radius 1 is 1.43 bits per heavy atom. The van der Waals surface area contributed by atoms with Crippen molar-refractivity contribution in [1.82, 2.24) is 4.98 Å². The van der Waals surface area contributed by atoms with Crippen LogP contribution in [-0.4, -0.2) is 17.6 Å². The topological polar surface area (TPSA) is 77.2 Å². The Kier molecular flexibility index (Phi) is 4.80. The zero-order valence-corrected chi connectivity index (χ0v) is 13.2. The molecule has 0 radical (unpaired) electrons. The number of carbonyl (C=O) groups excluding carboxylic acids is 1. The van der Waals surface area contributed by atoms with Gasteiger partial charge in [0, 0.05) is 16.3 Å². The summed E-state index contributed by atoms with van der Waals surface area (Å²) in [5, 5.41) is 4.02. The smallest absolute Gasteiger partial charge is 0.340 e. The van der Waals surface area contributed by atoms with Gasteiger partial charge in [0.2, 0.25) is 0 Å². The number of nitrogen functional groups attached to an aromatic ring is 1. The number of nitrogens with one attached hydrogen (secondary N) is 1. The van der Waals surface area contributed by atoms with Gasteiger partial charge in [-0.2, -0.15) is 0 Å². The summed E-state index contributed by atoms with van der Waals surface area (Å²) in [5.41, 5.74) is 8.45. The molecule has 0 aliphatic rings. The van der Waals surface area contributed by atoms with Crippen LogP contribution in [0.2, 0.25) is 0 Å². The van der Waals surface area contributed by atoms with Crippen molar-refractivity contribution >= 4 is 33.8 Å². The number of ether oxygens (including phenoxy) is 1. The summed E-state index contributed by atoms with van der Waals surface area (Å²) in [4.78, 5) is 17.5. The maximum absolute atomic E-state index is 11.8. The fourth-order valence-electron chi connectivity index (χ4n) is 1.95. The monoisotopic (exact) mass is 305 g/mol. The minimum Gasteiger partial charge on any atom is -0.462 e. The summed E-state index contributed by atoms with van der Waals surface area (Å²) in [7, 11) is 0. The van der Waals surface area contributed by atoms with Crippen LogP contribution in [0.15, 0.2) is 18.2 Å². The van der Waals surface area contributed by atoms with E-state index in [9.17, 15) is 4.79 Å². The summed E-state index contributed by atoms with van der Waals surface area (Å²) in [5.74, 6) is -0.414. The molecule has 1 aromatic heterocycles. The molecular weight excluding hydrogens is 286 g/mol. The number of nitrogens with two attached hydrogens (primary N) is 1. The maximum Gasteiger partial charge on any atom is 0.340 e. The normalized spacial score (nSPS) is 10.4. The van der Waals surface area contributed by atoms with Gasteiger partial charge in [-0.25, -0.2) is 9.78 Å². The van der Waals surface area contributed by atoms with E-state index >= 15 is 0 Å². The second kappa shape index (κ2) is 6.58. The summed E-state index contributed by atoms with van der Waals surface area (Å²) >= 11 is 1.59. The van der Waals surface area contributed by atoms with Crippen LogP contribution in [0.1, 0.15) is 34.8 Å². The number of carbonyl (C=O) groups is 1. The Bertz CT molecular complexity index is 652. The molecule has 3 N–H and O–H groups in total. The van der Waals surface area contributed by atoms with E-state index in [0.29, 0.717) is 17.9 Å². The fraction of sp³-hybridized carbons (Fsp3) is 0.333. The predicted molar refractivity (Wildman–Crippen MR) is 86.3 cm³/mol. The minimum atomic E-state index is -0.414. The van der Waals surface area contributed by atoms with E-state index in [4.69, 9.17) is 10.5 Å². The number of hydrogen-bond acceptors (Lipinski definition) is 6. The van der Waals surface area contributed by atoms with Gasteiger partial charge in [0.1, 0.15) is 0 Å². The second-order valence-corrected chi connectivity index (χ2v) is 5.73. The molecule has 0 saturated carbocycles. The van der Waals surface area contributed by atoms with E-state index < -0.39 is 5.97 Å². The first-order valence-electron chi connectivity index (χ1n) is 6.85. The van der Waals surface area contributed by atoms with E-state index in [1.807, 2.05) is 6.07 Å². The number of thiazole rings is 1. The van der Waals surface area contributed by atoms with Gasteiger partial charge in [-0.05, 0) is 38.5 Å². The van der Waals surface area contributed by atoms with Gasteiger partial charge < -0.3 is 15.8 Å². The Balaban J connectivity index is 2.24. The highest BCUT2D eigenvalue weighted by atomic mass is 32.1. The lowest BCUT2D eigenvalue weighted by Gasteiger charge is -2.08. The largest absolute Gasteiger partial charge is 0.462 e. The highest BCUT2D eigenvalue weighted by Gasteiger charge is 2.12. The molecule has 6 heteroatoms. The number of nitrogens with zero attached hydrogens (tertiary/aromatic N) is 1. The highest BCUT2D eigenvalue weighted by molar-refractivity contribution is 7.15. The molecule has 0 aliphatic carbocycles. The summed E-state index contributed by atoms with van der Waals surface area (Å²) in [6, 6.07) is 5.20. The maximum atomic E-state index is 11.8. The van der Waals surface area contributed by atoms with Crippen molar-refractivity contribution in [3.05, 3.63) is 34.3 Å². The standard InChI is InChI=1S/C15H19N3O2S/c1-4-13-9(3)21-15(18-13)17-10-6-7-12(16)11(8-10)14(19)20-5-2/h6-8H,4-5,16H2,1-3H3,(H,17,18). The number of anilines is 3. The molecule has 5 nitrogen and oxygen atoms in total. The molecule has 21 heavy (non-hydrogen) atoms. The summed E-state index contributed by atoms with van der Waals surface area (Å²) < 4.78 is 4.99. The molecule has 0 aliphatic heterocycles. The Hall–Kier alpha value is -2.08. The first-order valence-corrected chi connectivity index (χ1v) is 7.66. The van der Waals surface area contributed by atoms with Crippen LogP contribution in [0.5, 0.6) is 0 Å². The molecule has 1 heterocycles. The average molecular weight is 305 g/mol. The van der Waals surface area contributed by atoms with Crippen molar-refractivity contribution in [3.8, 4) is 0 Å². The number of hydrogen-bond donors (Lipinski definition) is 2. The van der Waals surface area contributed by atoms with Crippen molar-refractivity contribution in [2.24, 2.45) is 0 Å². The number of aryl methyl sites for hydroxylation is 2. The molecule has 0 unspecified atom stereocenters. The predicted octanol–water partition coefficient (Wildman–Crippen LogP) is 3.52. The molecule has 0 bridgehead atoms. The SMILES string of the molecule is CCOC(=O)c1cc(Nc2nc(CC)c(C)s2)ccc1N. The Morgan fingerprint density at radius 3 is 2.81 bits per heavy atom. The molecule has 0 spiro atoms. The third-order valence-corrected chi connectivity index (χ3v) is 3.96. The van der Waals surface area contributed by atoms with Gasteiger partial charge in [-0.15, -0.1) is 11.3 Å². The lowest BCUT2D eigenvalue weighted by Crippen LogP contribution is -2.08. The van der Waals surface area contributed by atoms with Crippen LogP contribution in [0.3, 0.4) is 0 Å². The van der Waals surface area contributed by atoms with E-state index in [0.717, 1.165) is 22.9 Å². The zero-order chi connectivity index (χ0) is 15.4. The van der Waals surface area contributed by atoms with Crippen molar-refractivity contribution in [3.63, 3.8) is 0 Å². The quantitative estimate of drug-likeness (QED) is 0.653. The van der Waals surface area contributed by atoms with Crippen LogP contribution in [0.4, 0.5) is 16.5 Å². The zero-order valence-electron chi connectivity index (χ0n) is 12.4. The summed E-state index contributed by atoms with van der Waals surface area (Å²) in [6.45, 7) is 6.21. The molecular formula is C15H19N3O2S. The van der Waals surface area contributed by atoms with Gasteiger partial charge in [0.25, 0.3) is 0 Å². The van der Waals surface area contributed by atoms with Gasteiger partial charge in [-0.3, -0.25) is 0 Å². The van der Waals surface area contributed by atoms with E-state index in [-0.39, 0.29) is 0 Å². The van der Waals surface area contributed by atoms with Crippen LogP contribution in [-0.2, 0) is 11.2 Å². The Labute approximate surface area is 128 Å². The second-order valence-electron chi connectivity index (χ2n) is 4.52. The van der Waals surface area contributed by atoms with Crippen LogP contribution < -0.4 is 11.1 Å². The van der Waals surface area contributed by atoms with Crippen LogP contribution >= 0.6 is 11.3 Å². The van der Waals surface area contributed by atoms with Gasteiger partial charge in [-0.1, -0.05) is 6.92 Å². The highest BCUT2D eigenvalue weighted by Crippen LogP contribution is 2.27. The summed E-state index contributed by atoms with van der Waals surface area (Å²) in [6.07, 6.45) is 0.903. The number of benzene rings is 1. The molecule has 1 aromatic carbocycles. The van der Waals surface area contributed by atoms with Gasteiger partial charge >= 0.3 is 5.97 Å². The molecule has 2 rings (SSSR count). The number of esters is 1. The van der Waals surface area contributed by atoms with E-state index in [1.165, 1.54) is 4.88 Å². The van der Waals surface area contributed by atoms with Crippen LogP contribution in [0, 0.1) is 6.92 Å². The van der Waals surface area contributed by atoms with Crippen molar-refractivity contribution in [2.45, 2.75) is 27.2 Å². The number of aromatic nitrogens is 1. The molecule has 0 fully saturated rings. The first kappa shape index (κ1) is 15.3. The third-order valence-electron chi connectivity index (χ3n) is 3.03. The Morgan fingerprint density at radius 2 is 2.19 bits per heavy atom. The van der Waals surface area contributed by atoms with Crippen molar-refractivity contribution in [2.75, 3.05) is 17.7 Å². The fourth-order valence-corrected chi connectivity index (χ4v) is 2.88. The molecule has 0 amide bonds. The first-order chi connectivity index (χ1) is 10.0. The van der Waals surface area contributed by atoms with Crippen molar-refractivity contribution < 1.29 is 9.53 Å². The third kappa shape index (κ3) is 3.52. The molecule has 112 valence electrons. The van der Waals surface area contributed by atoms with Gasteiger partial charge in [0.05, 0.1) is 17.9 Å². The average Bonchev–Trinajstić information content (AvgIpc) is 2.81. The van der Waals surface area contributed by atoms with Crippen molar-refractivity contribution in [1.29, 1.82) is 0 Å². The van der Waals surface area contributed by atoms with E-state index in [2.05, 4.69) is 24.1 Å². The lowest BCUT2D eigenvalue weighted by atomic mass is 10.1. The van der Waals surface area contributed by atoms with E-state index in [1.54, 1.807) is 30.4 Å². The number of rotatable bonds is 5. The minimum absolute atomic E-state index is 0.321. The van der Waals surface area contributed by atoms with Crippen LogP contribution in [0.25, 0.3) is 0 Å². The lowest BCUT2D eigenvalue weighted by molar-refractivity contribution is 0.0527. The molecule has 0 saturated heterocycles. The van der Waals surface area contributed by atoms with Gasteiger partial charge in [0.15, 0.2) is 5.13 Å². The molecule has 0 atom stereocenters.